The van der Waals surface area contributed by atoms with E-state index in [-0.39, 0.29) is 11.4 Å². The Morgan fingerprint density at radius 2 is 2.06 bits per heavy atom. The summed E-state index contributed by atoms with van der Waals surface area (Å²) < 4.78 is 10.7. The molecule has 0 aromatic carbocycles. The Morgan fingerprint density at radius 3 is 2.53 bits per heavy atom. The van der Waals surface area contributed by atoms with E-state index in [9.17, 15) is 4.79 Å². The number of esters is 1. The summed E-state index contributed by atoms with van der Waals surface area (Å²) >= 11 is 0. The Bertz CT molecular complexity index is 262. The molecule has 1 aliphatic rings. The van der Waals surface area contributed by atoms with Gasteiger partial charge in [-0.25, -0.2) is 0 Å². The molecule has 0 bridgehead atoms. The zero-order valence-electron chi connectivity index (χ0n) is 11.4. The van der Waals surface area contributed by atoms with Crippen LogP contribution in [0.4, 0.5) is 0 Å². The van der Waals surface area contributed by atoms with E-state index in [4.69, 9.17) is 9.47 Å². The lowest BCUT2D eigenvalue weighted by Crippen LogP contribution is -2.35. The Balaban J connectivity index is 2.39. The van der Waals surface area contributed by atoms with Crippen molar-refractivity contribution in [3.63, 3.8) is 0 Å². The smallest absolute Gasteiger partial charge is 0.315 e. The van der Waals surface area contributed by atoms with Gasteiger partial charge >= 0.3 is 5.97 Å². The topological polar surface area (TPSA) is 35.5 Å². The molecule has 1 fully saturated rings. The van der Waals surface area contributed by atoms with Gasteiger partial charge in [-0.05, 0) is 25.2 Å². The molecule has 0 amide bonds. The van der Waals surface area contributed by atoms with Crippen LogP contribution in [0.2, 0.25) is 0 Å². The summed E-state index contributed by atoms with van der Waals surface area (Å²) in [5.41, 5.74) is 0.117. The Hall–Kier alpha value is -0.140. The van der Waals surface area contributed by atoms with Gasteiger partial charge in [-0.3, -0.25) is 4.79 Å². The molecule has 0 aromatic heterocycles. The summed E-state index contributed by atoms with van der Waals surface area (Å²) in [5, 5.41) is -0.488. The third-order valence-corrected chi connectivity index (χ3v) is 3.28. The van der Waals surface area contributed by atoms with E-state index in [1.807, 2.05) is 6.92 Å². The minimum absolute atomic E-state index is 0.117. The quantitative estimate of drug-likeness (QED) is 0.576. The van der Waals surface area contributed by atoms with Crippen molar-refractivity contribution in [3.05, 3.63) is 0 Å². The number of hydrogen-bond donors (Lipinski definition) is 0. The predicted octanol–water partition coefficient (Wildman–Crippen LogP) is 2.64. The van der Waals surface area contributed by atoms with Crippen molar-refractivity contribution in [2.75, 3.05) is 19.8 Å². The van der Waals surface area contributed by atoms with E-state index in [1.54, 1.807) is 0 Å². The molecular formula is C13H25O3P. The van der Waals surface area contributed by atoms with Crippen LogP contribution in [0.1, 0.15) is 40.5 Å². The van der Waals surface area contributed by atoms with Gasteiger partial charge in [0, 0.05) is 12.5 Å². The van der Waals surface area contributed by atoms with Crippen LogP contribution in [0.5, 0.6) is 0 Å². The summed E-state index contributed by atoms with van der Waals surface area (Å²) in [7, 11) is 2.64. The Kier molecular flexibility index (Phi) is 4.97. The molecule has 17 heavy (non-hydrogen) atoms. The van der Waals surface area contributed by atoms with Gasteiger partial charge in [0.1, 0.15) is 0 Å². The summed E-state index contributed by atoms with van der Waals surface area (Å²) in [6, 6.07) is 0. The maximum atomic E-state index is 12.0. The second kappa shape index (κ2) is 5.67. The zero-order chi connectivity index (χ0) is 13.1. The molecule has 0 spiro atoms. The monoisotopic (exact) mass is 260 g/mol. The van der Waals surface area contributed by atoms with Crippen molar-refractivity contribution in [3.8, 4) is 0 Å². The molecule has 3 unspecified atom stereocenters. The van der Waals surface area contributed by atoms with E-state index in [0.717, 1.165) is 26.1 Å². The van der Waals surface area contributed by atoms with Gasteiger partial charge in [0.15, 0.2) is 0 Å². The van der Waals surface area contributed by atoms with E-state index < -0.39 is 5.16 Å². The first-order valence-corrected chi connectivity index (χ1v) is 6.82. The number of rotatable bonds is 4. The van der Waals surface area contributed by atoms with Crippen molar-refractivity contribution in [2.45, 2.75) is 45.7 Å². The van der Waals surface area contributed by atoms with Gasteiger partial charge < -0.3 is 9.47 Å². The molecule has 100 valence electrons. The van der Waals surface area contributed by atoms with Crippen LogP contribution in [0.15, 0.2) is 0 Å². The van der Waals surface area contributed by atoms with Gasteiger partial charge in [0.05, 0.1) is 18.4 Å². The van der Waals surface area contributed by atoms with Gasteiger partial charge in [0.25, 0.3) is 0 Å². The first kappa shape index (κ1) is 14.9. The van der Waals surface area contributed by atoms with Crippen molar-refractivity contribution in [1.29, 1.82) is 0 Å². The standard InChI is InChI=1S/C13H25O3P/c1-12(2,3)9-13(4,17)11(14)16-8-10-5-6-15-7-10/h10H,5-9,17H2,1-4H3. The van der Waals surface area contributed by atoms with Crippen molar-refractivity contribution in [1.82, 2.24) is 0 Å². The second-order valence-corrected chi connectivity index (χ2v) is 7.76. The predicted molar refractivity (Wildman–Crippen MR) is 72.1 cm³/mol. The first-order chi connectivity index (χ1) is 7.71. The normalized spacial score (nSPS) is 24.4. The van der Waals surface area contributed by atoms with Crippen LogP contribution >= 0.6 is 9.24 Å². The molecule has 0 aromatic rings. The first-order valence-electron chi connectivity index (χ1n) is 6.24. The van der Waals surface area contributed by atoms with Crippen molar-refractivity contribution < 1.29 is 14.3 Å². The van der Waals surface area contributed by atoms with Gasteiger partial charge in [-0.15, -0.1) is 9.24 Å². The van der Waals surface area contributed by atoms with Crippen LogP contribution < -0.4 is 0 Å². The lowest BCUT2D eigenvalue weighted by atomic mass is 9.85. The molecule has 1 rings (SSSR count). The third kappa shape index (κ3) is 5.35. The summed E-state index contributed by atoms with van der Waals surface area (Å²) in [4.78, 5) is 12.0. The molecule has 0 saturated carbocycles. The molecule has 4 heteroatoms. The molecule has 3 atom stereocenters. The Morgan fingerprint density at radius 1 is 1.41 bits per heavy atom. The SMILES string of the molecule is CC(C)(C)CC(C)(P)C(=O)OCC1CCOC1. The fourth-order valence-corrected chi connectivity index (χ4v) is 2.94. The molecule has 1 aliphatic heterocycles. The maximum absolute atomic E-state index is 12.0. The molecule has 0 radical (unpaired) electrons. The van der Waals surface area contributed by atoms with Gasteiger partial charge in [-0.2, -0.15) is 0 Å². The fourth-order valence-electron chi connectivity index (χ4n) is 2.25. The van der Waals surface area contributed by atoms with Crippen LogP contribution in [0.25, 0.3) is 0 Å². The molecule has 3 nitrogen and oxygen atoms in total. The summed E-state index contributed by atoms with van der Waals surface area (Å²) in [6.07, 6.45) is 1.80. The number of hydrogen-bond acceptors (Lipinski definition) is 3. The van der Waals surface area contributed by atoms with Crippen molar-refractivity contribution in [2.24, 2.45) is 11.3 Å². The minimum Gasteiger partial charge on any atom is -0.465 e. The van der Waals surface area contributed by atoms with Gasteiger partial charge in [-0.1, -0.05) is 20.8 Å². The largest absolute Gasteiger partial charge is 0.465 e. The zero-order valence-corrected chi connectivity index (χ0v) is 12.6. The van der Waals surface area contributed by atoms with E-state index >= 15 is 0 Å². The minimum atomic E-state index is -0.488. The lowest BCUT2D eigenvalue weighted by molar-refractivity contribution is -0.148. The highest BCUT2D eigenvalue weighted by atomic mass is 31.0. The molecule has 1 heterocycles. The van der Waals surface area contributed by atoms with Crippen LogP contribution in [-0.4, -0.2) is 30.9 Å². The number of carbonyl (C=O) groups is 1. The van der Waals surface area contributed by atoms with Crippen LogP contribution in [0.3, 0.4) is 0 Å². The second-order valence-electron chi connectivity index (χ2n) is 6.48. The summed E-state index contributed by atoms with van der Waals surface area (Å²) in [6.45, 7) is 10.3. The highest BCUT2D eigenvalue weighted by Crippen LogP contribution is 2.34. The van der Waals surface area contributed by atoms with Crippen LogP contribution in [0, 0.1) is 11.3 Å². The third-order valence-electron chi connectivity index (χ3n) is 2.84. The molecular weight excluding hydrogens is 235 g/mol. The highest BCUT2D eigenvalue weighted by Gasteiger charge is 2.34. The average molecular weight is 260 g/mol. The highest BCUT2D eigenvalue weighted by molar-refractivity contribution is 7.20. The maximum Gasteiger partial charge on any atom is 0.315 e. The molecule has 0 N–H and O–H groups in total. The van der Waals surface area contributed by atoms with Crippen molar-refractivity contribution >= 4 is 15.2 Å². The molecule has 1 saturated heterocycles. The van der Waals surface area contributed by atoms with Crippen LogP contribution in [-0.2, 0) is 14.3 Å². The lowest BCUT2D eigenvalue weighted by Gasteiger charge is -2.30. The Labute approximate surface area is 107 Å². The van der Waals surface area contributed by atoms with E-state index in [2.05, 4.69) is 30.0 Å². The molecule has 0 aliphatic carbocycles. The van der Waals surface area contributed by atoms with E-state index in [1.165, 1.54) is 0 Å². The van der Waals surface area contributed by atoms with E-state index in [0.29, 0.717) is 12.5 Å². The fraction of sp³-hybridized carbons (Fsp3) is 0.923. The average Bonchev–Trinajstić information content (AvgIpc) is 2.62. The number of carbonyl (C=O) groups excluding carboxylic acids is 1. The number of ether oxygens (including phenoxy) is 2. The summed E-state index contributed by atoms with van der Waals surface area (Å²) in [5.74, 6) is 0.263. The van der Waals surface area contributed by atoms with Gasteiger partial charge in [0.2, 0.25) is 0 Å².